The molecule has 1 fully saturated rings. The highest BCUT2D eigenvalue weighted by atomic mass is 32.1. The van der Waals surface area contributed by atoms with E-state index in [1.807, 2.05) is 11.9 Å². The molecule has 1 amide bonds. The Bertz CT molecular complexity index is 184. The Morgan fingerprint density at radius 1 is 1.46 bits per heavy atom. The average molecular weight is 201 g/mol. The second kappa shape index (κ2) is 4.89. The molecule has 0 bridgehead atoms. The van der Waals surface area contributed by atoms with Crippen molar-refractivity contribution < 1.29 is 4.79 Å². The second-order valence-electron chi connectivity index (χ2n) is 3.99. The first kappa shape index (κ1) is 10.9. The van der Waals surface area contributed by atoms with Crippen molar-refractivity contribution in [3.8, 4) is 0 Å². The average Bonchev–Trinajstić information content (AvgIpc) is 2.16. The van der Waals surface area contributed by atoms with Gasteiger partial charge in [-0.25, -0.2) is 0 Å². The van der Waals surface area contributed by atoms with Gasteiger partial charge in [-0.3, -0.25) is 4.79 Å². The third kappa shape index (κ3) is 2.63. The van der Waals surface area contributed by atoms with E-state index < -0.39 is 0 Å². The zero-order valence-electron chi connectivity index (χ0n) is 8.49. The van der Waals surface area contributed by atoms with Crippen molar-refractivity contribution >= 4 is 18.5 Å². The quantitative estimate of drug-likeness (QED) is 0.677. The van der Waals surface area contributed by atoms with Crippen molar-refractivity contribution in [2.45, 2.75) is 38.6 Å². The van der Waals surface area contributed by atoms with E-state index in [0.717, 1.165) is 6.42 Å². The maximum Gasteiger partial charge on any atom is 0.232 e. The lowest BCUT2D eigenvalue weighted by atomic mass is 9.85. The molecule has 0 aromatic heterocycles. The van der Waals surface area contributed by atoms with Crippen molar-refractivity contribution in [3.63, 3.8) is 0 Å². The van der Waals surface area contributed by atoms with Crippen LogP contribution in [0.5, 0.6) is 0 Å². The number of hydrogen-bond donors (Lipinski definition) is 1. The molecular weight excluding hydrogens is 182 g/mol. The standard InChI is InChI=1S/C10H19NOS/c1-8-5-3-4-6-9(8)11(2)10(12)7-13/h8-9,13H,3-7H2,1-2H3. The molecule has 0 spiro atoms. The van der Waals surface area contributed by atoms with Crippen molar-refractivity contribution in [1.29, 1.82) is 0 Å². The maximum absolute atomic E-state index is 11.4. The number of hydrogen-bond acceptors (Lipinski definition) is 2. The van der Waals surface area contributed by atoms with E-state index in [-0.39, 0.29) is 5.91 Å². The minimum Gasteiger partial charge on any atom is -0.342 e. The first-order chi connectivity index (χ1) is 6.16. The molecular formula is C10H19NOS. The van der Waals surface area contributed by atoms with Crippen LogP contribution in [0.4, 0.5) is 0 Å². The normalized spacial score (nSPS) is 28.5. The number of nitrogens with zero attached hydrogens (tertiary/aromatic N) is 1. The van der Waals surface area contributed by atoms with Crippen molar-refractivity contribution in [2.75, 3.05) is 12.8 Å². The number of carbonyl (C=O) groups is 1. The van der Waals surface area contributed by atoms with Gasteiger partial charge in [0.15, 0.2) is 0 Å². The van der Waals surface area contributed by atoms with Crippen LogP contribution < -0.4 is 0 Å². The fourth-order valence-corrected chi connectivity index (χ4v) is 2.39. The van der Waals surface area contributed by atoms with Crippen molar-refractivity contribution in [2.24, 2.45) is 5.92 Å². The zero-order valence-corrected chi connectivity index (χ0v) is 9.39. The van der Waals surface area contributed by atoms with Gasteiger partial charge in [0, 0.05) is 13.1 Å². The Kier molecular flexibility index (Phi) is 4.10. The molecule has 1 rings (SSSR count). The van der Waals surface area contributed by atoms with Crippen LogP contribution in [0.2, 0.25) is 0 Å². The van der Waals surface area contributed by atoms with Crippen LogP contribution in [0.25, 0.3) is 0 Å². The Hall–Kier alpha value is -0.180. The van der Waals surface area contributed by atoms with E-state index >= 15 is 0 Å². The molecule has 3 heteroatoms. The minimum atomic E-state index is 0.155. The van der Waals surface area contributed by atoms with Gasteiger partial charge in [0.25, 0.3) is 0 Å². The van der Waals surface area contributed by atoms with Gasteiger partial charge in [0.05, 0.1) is 5.75 Å². The predicted octanol–water partition coefficient (Wildman–Crippen LogP) is 1.95. The summed E-state index contributed by atoms with van der Waals surface area (Å²) in [6.07, 6.45) is 5.01. The fourth-order valence-electron chi connectivity index (χ4n) is 2.17. The zero-order chi connectivity index (χ0) is 9.84. The van der Waals surface area contributed by atoms with Gasteiger partial charge in [-0.1, -0.05) is 19.8 Å². The van der Waals surface area contributed by atoms with Gasteiger partial charge in [0.2, 0.25) is 5.91 Å². The summed E-state index contributed by atoms with van der Waals surface area (Å²) >= 11 is 4.01. The third-order valence-electron chi connectivity index (χ3n) is 3.09. The Morgan fingerprint density at radius 2 is 2.08 bits per heavy atom. The molecule has 76 valence electrons. The number of carbonyl (C=O) groups excluding carboxylic acids is 1. The summed E-state index contributed by atoms with van der Waals surface area (Å²) < 4.78 is 0. The predicted molar refractivity (Wildman–Crippen MR) is 58.0 cm³/mol. The largest absolute Gasteiger partial charge is 0.342 e. The minimum absolute atomic E-state index is 0.155. The summed E-state index contributed by atoms with van der Waals surface area (Å²) in [6, 6.07) is 0.452. The summed E-state index contributed by atoms with van der Waals surface area (Å²) in [6.45, 7) is 2.24. The molecule has 1 saturated carbocycles. The van der Waals surface area contributed by atoms with Crippen molar-refractivity contribution in [3.05, 3.63) is 0 Å². The van der Waals surface area contributed by atoms with Crippen LogP contribution >= 0.6 is 12.6 Å². The van der Waals surface area contributed by atoms with E-state index in [4.69, 9.17) is 0 Å². The highest BCUT2D eigenvalue weighted by Gasteiger charge is 2.26. The van der Waals surface area contributed by atoms with E-state index in [1.165, 1.54) is 19.3 Å². The first-order valence-electron chi connectivity index (χ1n) is 5.03. The molecule has 0 radical (unpaired) electrons. The Labute approximate surface area is 86.1 Å². The molecule has 0 aromatic carbocycles. The summed E-state index contributed by atoms with van der Waals surface area (Å²) in [5.74, 6) is 1.14. The van der Waals surface area contributed by atoms with Crippen LogP contribution in [-0.4, -0.2) is 29.6 Å². The van der Waals surface area contributed by atoms with Gasteiger partial charge >= 0.3 is 0 Å². The summed E-state index contributed by atoms with van der Waals surface area (Å²) in [5, 5.41) is 0. The highest BCUT2D eigenvalue weighted by Crippen LogP contribution is 2.27. The summed E-state index contributed by atoms with van der Waals surface area (Å²) in [5.41, 5.74) is 0. The lowest BCUT2D eigenvalue weighted by Crippen LogP contribution is -2.43. The maximum atomic E-state index is 11.4. The number of rotatable bonds is 2. The molecule has 0 aliphatic heterocycles. The summed E-state index contributed by atoms with van der Waals surface area (Å²) in [7, 11) is 1.91. The molecule has 2 nitrogen and oxygen atoms in total. The molecule has 0 N–H and O–H groups in total. The van der Waals surface area contributed by atoms with E-state index in [9.17, 15) is 4.79 Å². The van der Waals surface area contributed by atoms with Crippen LogP contribution in [0.3, 0.4) is 0 Å². The van der Waals surface area contributed by atoms with Crippen molar-refractivity contribution in [1.82, 2.24) is 4.90 Å². The van der Waals surface area contributed by atoms with Gasteiger partial charge in [0.1, 0.15) is 0 Å². The van der Waals surface area contributed by atoms with Crippen LogP contribution in [0.1, 0.15) is 32.6 Å². The lowest BCUT2D eigenvalue weighted by Gasteiger charge is -2.36. The molecule has 0 saturated heterocycles. The lowest BCUT2D eigenvalue weighted by molar-refractivity contribution is -0.130. The SMILES string of the molecule is CC1CCCCC1N(C)C(=O)CS. The molecule has 2 atom stereocenters. The Balaban J connectivity index is 2.53. The molecule has 1 aliphatic rings. The topological polar surface area (TPSA) is 20.3 Å². The molecule has 0 heterocycles. The molecule has 1 aliphatic carbocycles. The summed E-state index contributed by atoms with van der Waals surface area (Å²) in [4.78, 5) is 13.3. The molecule has 0 aromatic rings. The first-order valence-corrected chi connectivity index (χ1v) is 5.66. The third-order valence-corrected chi connectivity index (χ3v) is 3.36. The van der Waals surface area contributed by atoms with Gasteiger partial charge in [-0.05, 0) is 18.8 Å². The molecule has 13 heavy (non-hydrogen) atoms. The van der Waals surface area contributed by atoms with Gasteiger partial charge in [-0.2, -0.15) is 12.6 Å². The number of amides is 1. The monoisotopic (exact) mass is 201 g/mol. The smallest absolute Gasteiger partial charge is 0.232 e. The van der Waals surface area contributed by atoms with E-state index in [2.05, 4.69) is 19.6 Å². The number of thiol groups is 1. The van der Waals surface area contributed by atoms with E-state index in [1.54, 1.807) is 0 Å². The van der Waals surface area contributed by atoms with Crippen LogP contribution in [-0.2, 0) is 4.79 Å². The van der Waals surface area contributed by atoms with Crippen LogP contribution in [0, 0.1) is 5.92 Å². The highest BCUT2D eigenvalue weighted by molar-refractivity contribution is 7.81. The van der Waals surface area contributed by atoms with Gasteiger partial charge in [-0.15, -0.1) is 0 Å². The molecule has 2 unspecified atom stereocenters. The van der Waals surface area contributed by atoms with Crippen LogP contribution in [0.15, 0.2) is 0 Å². The van der Waals surface area contributed by atoms with Gasteiger partial charge < -0.3 is 4.90 Å². The second-order valence-corrected chi connectivity index (χ2v) is 4.31. The fraction of sp³-hybridized carbons (Fsp3) is 0.900. The van der Waals surface area contributed by atoms with E-state index in [0.29, 0.717) is 17.7 Å². The Morgan fingerprint density at radius 3 is 2.62 bits per heavy atom.